The lowest BCUT2D eigenvalue weighted by Gasteiger charge is -2.30. The summed E-state index contributed by atoms with van der Waals surface area (Å²) in [6.07, 6.45) is 5.36. The van der Waals surface area contributed by atoms with Crippen molar-refractivity contribution in [3.8, 4) is 0 Å². The number of aromatic nitrogens is 1. The molecule has 2 unspecified atom stereocenters. The van der Waals surface area contributed by atoms with Crippen LogP contribution in [-0.2, 0) is 11.2 Å². The highest BCUT2D eigenvalue weighted by Gasteiger charge is 2.25. The maximum atomic E-state index is 12.0. The Balaban J connectivity index is 1.83. The molecule has 1 aromatic rings. The van der Waals surface area contributed by atoms with E-state index in [-0.39, 0.29) is 24.5 Å². The van der Waals surface area contributed by atoms with Crippen molar-refractivity contribution in [1.82, 2.24) is 10.5 Å². The summed E-state index contributed by atoms with van der Waals surface area (Å²) in [5.41, 5.74) is 1.89. The Bertz CT molecular complexity index is 436. The van der Waals surface area contributed by atoms with Crippen LogP contribution in [-0.4, -0.2) is 28.8 Å². The Morgan fingerprint density at radius 3 is 2.80 bits per heavy atom. The number of nitrogens with zero attached hydrogens (tertiary/aromatic N) is 1. The molecule has 0 saturated heterocycles. The zero-order valence-electron chi connectivity index (χ0n) is 12.3. The molecule has 1 fully saturated rings. The third kappa shape index (κ3) is 3.60. The predicted octanol–water partition coefficient (Wildman–Crippen LogP) is 1.89. The molecular formula is C15H24N2O3. The van der Waals surface area contributed by atoms with E-state index in [4.69, 9.17) is 4.52 Å². The van der Waals surface area contributed by atoms with E-state index < -0.39 is 0 Å². The largest absolute Gasteiger partial charge is 0.396 e. The summed E-state index contributed by atoms with van der Waals surface area (Å²) in [5.74, 6) is 1.06. The highest BCUT2D eigenvalue weighted by molar-refractivity contribution is 5.76. The molecule has 1 aliphatic rings. The average molecular weight is 280 g/mol. The molecule has 20 heavy (non-hydrogen) atoms. The minimum absolute atomic E-state index is 0.0512. The van der Waals surface area contributed by atoms with Crippen LogP contribution in [0.3, 0.4) is 0 Å². The molecule has 0 bridgehead atoms. The van der Waals surface area contributed by atoms with Crippen LogP contribution in [0.4, 0.5) is 0 Å². The Morgan fingerprint density at radius 2 is 2.15 bits per heavy atom. The zero-order valence-corrected chi connectivity index (χ0v) is 12.3. The van der Waals surface area contributed by atoms with Gasteiger partial charge in [0, 0.05) is 30.6 Å². The molecule has 0 spiro atoms. The van der Waals surface area contributed by atoms with Gasteiger partial charge in [-0.25, -0.2) is 0 Å². The van der Waals surface area contributed by atoms with Gasteiger partial charge in [0.2, 0.25) is 5.91 Å². The van der Waals surface area contributed by atoms with Crippen molar-refractivity contribution in [3.05, 3.63) is 17.0 Å². The quantitative estimate of drug-likeness (QED) is 0.863. The van der Waals surface area contributed by atoms with E-state index in [2.05, 4.69) is 10.5 Å². The molecule has 2 atom stereocenters. The van der Waals surface area contributed by atoms with E-state index in [1.807, 2.05) is 13.8 Å². The van der Waals surface area contributed by atoms with E-state index in [9.17, 15) is 9.90 Å². The summed E-state index contributed by atoms with van der Waals surface area (Å²) in [6, 6.07) is 0.130. The van der Waals surface area contributed by atoms with E-state index in [0.29, 0.717) is 12.8 Å². The van der Waals surface area contributed by atoms with Crippen LogP contribution in [0.5, 0.6) is 0 Å². The monoisotopic (exact) mass is 280 g/mol. The van der Waals surface area contributed by atoms with Crippen LogP contribution >= 0.6 is 0 Å². The first-order valence-electron chi connectivity index (χ1n) is 7.43. The number of hydrogen-bond donors (Lipinski definition) is 2. The number of aliphatic hydroxyl groups excluding tert-OH is 1. The minimum atomic E-state index is 0.0512. The number of nitrogens with one attached hydrogen (secondary N) is 1. The summed E-state index contributed by atoms with van der Waals surface area (Å²) in [6.45, 7) is 3.93. The van der Waals surface area contributed by atoms with Crippen molar-refractivity contribution < 1.29 is 14.4 Å². The van der Waals surface area contributed by atoms with Crippen LogP contribution in [0.15, 0.2) is 4.52 Å². The Labute approximate surface area is 119 Å². The Hall–Kier alpha value is -1.36. The zero-order chi connectivity index (χ0) is 14.5. The maximum Gasteiger partial charge on any atom is 0.220 e. The fourth-order valence-corrected chi connectivity index (χ4v) is 2.99. The molecular weight excluding hydrogens is 256 g/mol. The number of carbonyl (C=O) groups excluding carboxylic acids is 1. The summed E-state index contributed by atoms with van der Waals surface area (Å²) in [7, 11) is 0. The second-order valence-electron chi connectivity index (χ2n) is 5.70. The fraction of sp³-hybridized carbons (Fsp3) is 0.733. The molecule has 1 heterocycles. The minimum Gasteiger partial charge on any atom is -0.396 e. The van der Waals surface area contributed by atoms with Gasteiger partial charge in [0.05, 0.1) is 5.69 Å². The Kier molecular flexibility index (Phi) is 5.17. The van der Waals surface area contributed by atoms with Gasteiger partial charge in [-0.15, -0.1) is 0 Å². The molecule has 5 nitrogen and oxygen atoms in total. The van der Waals surface area contributed by atoms with Crippen LogP contribution in [0.1, 0.15) is 49.1 Å². The van der Waals surface area contributed by atoms with Gasteiger partial charge in [0.1, 0.15) is 5.76 Å². The van der Waals surface area contributed by atoms with Crippen molar-refractivity contribution in [2.45, 2.75) is 58.4 Å². The second kappa shape index (κ2) is 6.88. The van der Waals surface area contributed by atoms with Crippen LogP contribution < -0.4 is 5.32 Å². The number of amides is 1. The van der Waals surface area contributed by atoms with E-state index >= 15 is 0 Å². The molecule has 0 radical (unpaired) electrons. The lowest BCUT2D eigenvalue weighted by molar-refractivity contribution is -0.122. The van der Waals surface area contributed by atoms with Crippen molar-refractivity contribution in [3.63, 3.8) is 0 Å². The summed E-state index contributed by atoms with van der Waals surface area (Å²) >= 11 is 0. The van der Waals surface area contributed by atoms with E-state index in [1.54, 1.807) is 0 Å². The van der Waals surface area contributed by atoms with Gasteiger partial charge in [-0.1, -0.05) is 18.0 Å². The molecule has 5 heteroatoms. The highest BCUT2D eigenvalue weighted by atomic mass is 16.5. The molecule has 0 aliphatic heterocycles. The smallest absolute Gasteiger partial charge is 0.220 e. The lowest BCUT2D eigenvalue weighted by atomic mass is 9.85. The van der Waals surface area contributed by atoms with Gasteiger partial charge in [-0.2, -0.15) is 0 Å². The molecule has 1 aliphatic carbocycles. The van der Waals surface area contributed by atoms with E-state index in [0.717, 1.165) is 42.7 Å². The SMILES string of the molecule is Cc1noc(C)c1CCC(=O)NC1CCCCC1CO. The van der Waals surface area contributed by atoms with E-state index in [1.165, 1.54) is 0 Å². The van der Waals surface area contributed by atoms with Gasteiger partial charge in [-0.05, 0) is 33.1 Å². The topological polar surface area (TPSA) is 75.4 Å². The number of aliphatic hydroxyl groups is 1. The predicted molar refractivity (Wildman–Crippen MR) is 75.3 cm³/mol. The highest BCUT2D eigenvalue weighted by Crippen LogP contribution is 2.24. The third-order valence-corrected chi connectivity index (χ3v) is 4.27. The first kappa shape index (κ1) is 15.0. The van der Waals surface area contributed by atoms with Gasteiger partial charge < -0.3 is 14.9 Å². The normalized spacial score (nSPS) is 22.8. The molecule has 2 N–H and O–H groups in total. The van der Waals surface area contributed by atoms with Crippen molar-refractivity contribution >= 4 is 5.91 Å². The molecule has 2 rings (SSSR count). The molecule has 1 amide bonds. The van der Waals surface area contributed by atoms with Crippen molar-refractivity contribution in [2.75, 3.05) is 6.61 Å². The van der Waals surface area contributed by atoms with Crippen molar-refractivity contribution in [1.29, 1.82) is 0 Å². The van der Waals surface area contributed by atoms with Gasteiger partial charge in [-0.3, -0.25) is 4.79 Å². The first-order chi connectivity index (χ1) is 9.61. The van der Waals surface area contributed by atoms with Crippen LogP contribution in [0.2, 0.25) is 0 Å². The molecule has 112 valence electrons. The standard InChI is InChI=1S/C15H24N2O3/c1-10-13(11(2)20-17-10)7-8-15(19)16-14-6-4-3-5-12(14)9-18/h12,14,18H,3-9H2,1-2H3,(H,16,19). The summed E-state index contributed by atoms with van der Waals surface area (Å²) < 4.78 is 5.10. The number of carbonyl (C=O) groups is 1. The number of aryl methyl sites for hydroxylation is 2. The summed E-state index contributed by atoms with van der Waals surface area (Å²) in [4.78, 5) is 12.0. The fourth-order valence-electron chi connectivity index (χ4n) is 2.99. The summed E-state index contributed by atoms with van der Waals surface area (Å²) in [5, 5.41) is 16.3. The molecule has 0 aromatic carbocycles. The van der Waals surface area contributed by atoms with Crippen LogP contribution in [0.25, 0.3) is 0 Å². The van der Waals surface area contributed by atoms with Gasteiger partial charge in [0.25, 0.3) is 0 Å². The third-order valence-electron chi connectivity index (χ3n) is 4.27. The van der Waals surface area contributed by atoms with Crippen molar-refractivity contribution in [2.24, 2.45) is 5.92 Å². The van der Waals surface area contributed by atoms with Gasteiger partial charge >= 0.3 is 0 Å². The first-order valence-corrected chi connectivity index (χ1v) is 7.43. The lowest BCUT2D eigenvalue weighted by Crippen LogP contribution is -2.43. The second-order valence-corrected chi connectivity index (χ2v) is 5.70. The van der Waals surface area contributed by atoms with Crippen LogP contribution in [0, 0.1) is 19.8 Å². The molecule has 1 aromatic heterocycles. The number of rotatable bonds is 5. The average Bonchev–Trinajstić information content (AvgIpc) is 2.76. The Morgan fingerprint density at radius 1 is 1.40 bits per heavy atom. The molecule has 1 saturated carbocycles. The maximum absolute atomic E-state index is 12.0. The number of hydrogen-bond acceptors (Lipinski definition) is 4. The van der Waals surface area contributed by atoms with Gasteiger partial charge in [0.15, 0.2) is 0 Å².